The van der Waals surface area contributed by atoms with Gasteiger partial charge in [0.25, 0.3) is 0 Å². The SMILES string of the molecule is Cc1cnc(-c2cncc3[nH]c(-c4n[nH]c5cnc(-c6cn[nH]c6)cc45)nc23)[nH]1. The predicted octanol–water partition coefficient (Wildman–Crippen LogP) is 2.98. The molecule has 0 aromatic carbocycles. The molecule has 6 rings (SSSR count). The first kappa shape index (κ1) is 15.7. The first-order chi connectivity index (χ1) is 14.3. The molecule has 0 unspecified atom stereocenters. The molecule has 0 radical (unpaired) electrons. The maximum Gasteiger partial charge on any atom is 0.159 e. The highest BCUT2D eigenvalue weighted by atomic mass is 15.1. The Morgan fingerprint density at radius 2 is 1.86 bits per heavy atom. The van der Waals surface area contributed by atoms with Crippen LogP contribution in [0, 0.1) is 6.92 Å². The minimum absolute atomic E-state index is 0.646. The van der Waals surface area contributed by atoms with Gasteiger partial charge in [0.05, 0.1) is 40.9 Å². The normalized spacial score (nSPS) is 11.6. The van der Waals surface area contributed by atoms with Gasteiger partial charge < -0.3 is 9.97 Å². The number of pyridine rings is 2. The summed E-state index contributed by atoms with van der Waals surface area (Å²) < 4.78 is 0. The molecule has 29 heavy (non-hydrogen) atoms. The molecule has 0 aliphatic carbocycles. The minimum atomic E-state index is 0.646. The lowest BCUT2D eigenvalue weighted by atomic mass is 10.1. The highest BCUT2D eigenvalue weighted by molar-refractivity contribution is 5.96. The van der Waals surface area contributed by atoms with E-state index in [4.69, 9.17) is 4.98 Å². The van der Waals surface area contributed by atoms with Gasteiger partial charge >= 0.3 is 0 Å². The molecule has 140 valence electrons. The number of hydrogen-bond donors (Lipinski definition) is 4. The smallest absolute Gasteiger partial charge is 0.159 e. The molecule has 0 amide bonds. The summed E-state index contributed by atoms with van der Waals surface area (Å²) in [6.07, 6.45) is 10.6. The number of aryl methyl sites for hydroxylation is 1. The zero-order chi connectivity index (χ0) is 19.4. The molecule has 6 aromatic heterocycles. The predicted molar refractivity (Wildman–Crippen MR) is 107 cm³/mol. The van der Waals surface area contributed by atoms with Crippen LogP contribution in [0.1, 0.15) is 5.69 Å². The lowest BCUT2D eigenvalue weighted by Gasteiger charge is -1.97. The number of nitrogens with zero attached hydrogens (tertiary/aromatic N) is 6. The van der Waals surface area contributed by atoms with Gasteiger partial charge in [-0.1, -0.05) is 0 Å². The second kappa shape index (κ2) is 5.83. The van der Waals surface area contributed by atoms with Gasteiger partial charge in [-0.25, -0.2) is 9.97 Å². The fourth-order valence-electron chi connectivity index (χ4n) is 3.41. The maximum atomic E-state index is 4.81. The average molecular weight is 382 g/mol. The van der Waals surface area contributed by atoms with Crippen LogP contribution in [0.2, 0.25) is 0 Å². The summed E-state index contributed by atoms with van der Waals surface area (Å²) in [5.41, 5.74) is 6.65. The van der Waals surface area contributed by atoms with Crippen LogP contribution in [0.25, 0.3) is 56.1 Å². The first-order valence-electron chi connectivity index (χ1n) is 8.95. The molecule has 0 spiro atoms. The molecule has 10 nitrogen and oxygen atoms in total. The summed E-state index contributed by atoms with van der Waals surface area (Å²) in [7, 11) is 0. The molecule has 0 saturated heterocycles. The van der Waals surface area contributed by atoms with Gasteiger partial charge in [-0.05, 0) is 13.0 Å². The van der Waals surface area contributed by atoms with E-state index in [0.29, 0.717) is 11.5 Å². The van der Waals surface area contributed by atoms with Crippen LogP contribution in [0.4, 0.5) is 0 Å². The monoisotopic (exact) mass is 382 g/mol. The van der Waals surface area contributed by atoms with Gasteiger partial charge in [0.2, 0.25) is 0 Å². The van der Waals surface area contributed by atoms with Crippen molar-refractivity contribution in [2.75, 3.05) is 0 Å². The van der Waals surface area contributed by atoms with Crippen molar-refractivity contribution >= 4 is 21.9 Å². The molecule has 0 aliphatic heterocycles. The van der Waals surface area contributed by atoms with Gasteiger partial charge in [0, 0.05) is 35.2 Å². The summed E-state index contributed by atoms with van der Waals surface area (Å²) in [6.45, 7) is 1.96. The third-order valence-corrected chi connectivity index (χ3v) is 4.82. The molecular weight excluding hydrogens is 368 g/mol. The Balaban J connectivity index is 1.53. The highest BCUT2D eigenvalue weighted by Crippen LogP contribution is 2.31. The Morgan fingerprint density at radius 3 is 2.69 bits per heavy atom. The summed E-state index contributed by atoms with van der Waals surface area (Å²) in [4.78, 5) is 24.6. The van der Waals surface area contributed by atoms with Crippen LogP contribution in [-0.4, -0.2) is 50.3 Å². The van der Waals surface area contributed by atoms with Crippen molar-refractivity contribution in [3.05, 3.63) is 48.9 Å². The molecule has 6 aromatic rings. The molecule has 0 fully saturated rings. The highest BCUT2D eigenvalue weighted by Gasteiger charge is 2.17. The molecule has 0 saturated carbocycles. The van der Waals surface area contributed by atoms with Crippen LogP contribution in [0.3, 0.4) is 0 Å². The first-order valence-corrected chi connectivity index (χ1v) is 8.95. The Morgan fingerprint density at radius 1 is 0.897 bits per heavy atom. The van der Waals surface area contributed by atoms with Crippen molar-refractivity contribution < 1.29 is 0 Å². The summed E-state index contributed by atoms with van der Waals surface area (Å²) >= 11 is 0. The summed E-state index contributed by atoms with van der Waals surface area (Å²) in [5, 5.41) is 15.2. The molecule has 10 heteroatoms. The third-order valence-electron chi connectivity index (χ3n) is 4.82. The van der Waals surface area contributed by atoms with Crippen molar-refractivity contribution in [1.82, 2.24) is 50.3 Å². The summed E-state index contributed by atoms with van der Waals surface area (Å²) in [6, 6.07) is 1.97. The Bertz CT molecular complexity index is 1470. The number of nitrogens with one attached hydrogen (secondary N) is 4. The van der Waals surface area contributed by atoms with E-state index in [1.807, 2.05) is 13.0 Å². The second-order valence-corrected chi connectivity index (χ2v) is 6.76. The largest absolute Gasteiger partial charge is 0.342 e. The number of aromatic nitrogens is 10. The van der Waals surface area contributed by atoms with Crippen LogP contribution in [0.15, 0.2) is 43.2 Å². The molecule has 0 bridgehead atoms. The van der Waals surface area contributed by atoms with Crippen LogP contribution in [-0.2, 0) is 0 Å². The van der Waals surface area contributed by atoms with E-state index in [1.54, 1.807) is 37.2 Å². The van der Waals surface area contributed by atoms with E-state index in [0.717, 1.165) is 50.3 Å². The maximum absolute atomic E-state index is 4.81. The van der Waals surface area contributed by atoms with Crippen molar-refractivity contribution in [3.8, 4) is 34.2 Å². The lowest BCUT2D eigenvalue weighted by Crippen LogP contribution is -1.85. The average Bonchev–Trinajstić information content (AvgIpc) is 3.51. The number of hydrogen-bond acceptors (Lipinski definition) is 6. The van der Waals surface area contributed by atoms with Gasteiger partial charge in [-0.2, -0.15) is 10.2 Å². The molecule has 4 N–H and O–H groups in total. The summed E-state index contributed by atoms with van der Waals surface area (Å²) in [5.74, 6) is 1.38. The van der Waals surface area contributed by atoms with Crippen molar-refractivity contribution in [1.29, 1.82) is 0 Å². The Hall–Kier alpha value is -4.34. The topological polar surface area (TPSA) is 140 Å². The quantitative estimate of drug-likeness (QED) is 0.371. The van der Waals surface area contributed by atoms with Crippen LogP contribution < -0.4 is 0 Å². The minimum Gasteiger partial charge on any atom is -0.342 e. The third kappa shape index (κ3) is 2.42. The fourth-order valence-corrected chi connectivity index (χ4v) is 3.41. The Labute approximate surface area is 162 Å². The zero-order valence-corrected chi connectivity index (χ0v) is 15.2. The molecular formula is C19H14N10. The van der Waals surface area contributed by atoms with Crippen LogP contribution in [0.5, 0.6) is 0 Å². The molecule has 0 atom stereocenters. The van der Waals surface area contributed by atoms with Gasteiger partial charge in [0.1, 0.15) is 17.0 Å². The second-order valence-electron chi connectivity index (χ2n) is 6.76. The zero-order valence-electron chi connectivity index (χ0n) is 15.2. The number of aromatic amines is 4. The van der Waals surface area contributed by atoms with Crippen LogP contribution >= 0.6 is 0 Å². The molecule has 6 heterocycles. The van der Waals surface area contributed by atoms with E-state index >= 15 is 0 Å². The van der Waals surface area contributed by atoms with E-state index in [2.05, 4.69) is 45.3 Å². The number of fused-ring (bicyclic) bond motifs is 2. The van der Waals surface area contributed by atoms with Gasteiger partial charge in [-0.3, -0.25) is 20.2 Å². The van der Waals surface area contributed by atoms with Crippen molar-refractivity contribution in [2.24, 2.45) is 0 Å². The Kier molecular flexibility index (Phi) is 3.15. The van der Waals surface area contributed by atoms with E-state index in [-0.39, 0.29) is 0 Å². The fraction of sp³-hybridized carbons (Fsp3) is 0.0526. The van der Waals surface area contributed by atoms with E-state index in [9.17, 15) is 0 Å². The number of H-pyrrole nitrogens is 4. The van der Waals surface area contributed by atoms with Gasteiger partial charge in [-0.15, -0.1) is 0 Å². The van der Waals surface area contributed by atoms with Crippen molar-refractivity contribution in [2.45, 2.75) is 6.92 Å². The van der Waals surface area contributed by atoms with E-state index in [1.165, 1.54) is 0 Å². The lowest BCUT2D eigenvalue weighted by molar-refractivity contribution is 1.09. The molecule has 0 aliphatic rings. The van der Waals surface area contributed by atoms with E-state index < -0.39 is 0 Å². The van der Waals surface area contributed by atoms with Gasteiger partial charge in [0.15, 0.2) is 5.82 Å². The number of imidazole rings is 2. The van der Waals surface area contributed by atoms with Crippen molar-refractivity contribution in [3.63, 3.8) is 0 Å². The number of rotatable bonds is 3. The standard InChI is InChI=1S/C19H14N10/c1-9-3-22-18(25-9)12-6-20-7-15-16(12)27-19(26-15)17-11-2-13(10-4-23-24-5-10)21-8-14(11)28-29-17/h2-8H,1H3,(H,22,25)(H,23,24)(H,26,27)(H,28,29).